The van der Waals surface area contributed by atoms with Crippen molar-refractivity contribution in [3.8, 4) is 0 Å². The predicted octanol–water partition coefficient (Wildman–Crippen LogP) is 2.91. The molecule has 1 saturated heterocycles. The summed E-state index contributed by atoms with van der Waals surface area (Å²) >= 11 is 2.06. The summed E-state index contributed by atoms with van der Waals surface area (Å²) in [6.45, 7) is 12.1. The Bertz CT molecular complexity index is 418. The van der Waals surface area contributed by atoms with E-state index < -0.39 is 0 Å². The molecule has 106 valence electrons. The third kappa shape index (κ3) is 4.11. The highest BCUT2D eigenvalue weighted by Gasteiger charge is 2.28. The number of rotatable bonds is 4. The third-order valence-electron chi connectivity index (χ3n) is 3.29. The molecule has 0 amide bonds. The SMILES string of the molecule is CC(C)NCc1cccnc1N1CCSC(C)(C)C1. The van der Waals surface area contributed by atoms with Gasteiger partial charge in [-0.15, -0.1) is 0 Å². The molecule has 1 aliphatic heterocycles. The maximum absolute atomic E-state index is 4.62. The van der Waals surface area contributed by atoms with Crippen LogP contribution in [0.3, 0.4) is 0 Å². The Labute approximate surface area is 121 Å². The molecule has 2 rings (SSSR count). The van der Waals surface area contributed by atoms with Crippen molar-refractivity contribution >= 4 is 17.6 Å². The fraction of sp³-hybridized carbons (Fsp3) is 0.667. The molecule has 1 N–H and O–H groups in total. The summed E-state index contributed by atoms with van der Waals surface area (Å²) in [5.74, 6) is 2.34. The molecule has 2 heterocycles. The minimum absolute atomic E-state index is 0.318. The third-order valence-corrected chi connectivity index (χ3v) is 4.59. The first-order chi connectivity index (χ1) is 8.98. The summed E-state index contributed by atoms with van der Waals surface area (Å²) in [5.41, 5.74) is 1.30. The molecule has 1 aliphatic rings. The van der Waals surface area contributed by atoms with Gasteiger partial charge in [-0.05, 0) is 19.9 Å². The van der Waals surface area contributed by atoms with E-state index in [0.29, 0.717) is 10.8 Å². The van der Waals surface area contributed by atoms with Crippen LogP contribution >= 0.6 is 11.8 Å². The van der Waals surface area contributed by atoms with Gasteiger partial charge in [-0.1, -0.05) is 19.9 Å². The lowest BCUT2D eigenvalue weighted by Crippen LogP contribution is -2.44. The fourth-order valence-electron chi connectivity index (χ4n) is 2.36. The van der Waals surface area contributed by atoms with Gasteiger partial charge in [0.2, 0.25) is 0 Å². The molecule has 1 aromatic rings. The summed E-state index contributed by atoms with van der Waals surface area (Å²) in [7, 11) is 0. The Morgan fingerprint density at radius 1 is 1.47 bits per heavy atom. The molecule has 1 fully saturated rings. The van der Waals surface area contributed by atoms with E-state index in [2.05, 4.69) is 60.7 Å². The molecule has 3 nitrogen and oxygen atoms in total. The number of nitrogens with zero attached hydrogens (tertiary/aromatic N) is 2. The standard InChI is InChI=1S/C15H25N3S/c1-12(2)17-10-13-6-5-7-16-14(13)18-8-9-19-15(3,4)11-18/h5-7,12,17H,8-11H2,1-4H3. The van der Waals surface area contributed by atoms with E-state index >= 15 is 0 Å². The lowest BCUT2D eigenvalue weighted by atomic mass is 10.1. The zero-order valence-corrected chi connectivity index (χ0v) is 13.3. The van der Waals surface area contributed by atoms with Gasteiger partial charge < -0.3 is 10.2 Å². The summed E-state index contributed by atoms with van der Waals surface area (Å²) in [6.07, 6.45) is 1.91. The maximum atomic E-state index is 4.62. The number of hydrogen-bond acceptors (Lipinski definition) is 4. The van der Waals surface area contributed by atoms with Crippen LogP contribution in [-0.2, 0) is 6.54 Å². The Kier molecular flexibility index (Phi) is 4.74. The molecule has 19 heavy (non-hydrogen) atoms. The second-order valence-electron chi connectivity index (χ2n) is 6.05. The zero-order chi connectivity index (χ0) is 13.9. The molecular weight excluding hydrogens is 254 g/mol. The molecule has 0 saturated carbocycles. The quantitative estimate of drug-likeness (QED) is 0.917. The number of aromatic nitrogens is 1. The Morgan fingerprint density at radius 3 is 2.95 bits per heavy atom. The first kappa shape index (κ1) is 14.7. The monoisotopic (exact) mass is 279 g/mol. The van der Waals surface area contributed by atoms with Crippen LogP contribution in [0.5, 0.6) is 0 Å². The van der Waals surface area contributed by atoms with Gasteiger partial charge in [0.05, 0.1) is 0 Å². The topological polar surface area (TPSA) is 28.2 Å². The molecule has 0 aliphatic carbocycles. The number of pyridine rings is 1. The molecule has 0 spiro atoms. The van der Waals surface area contributed by atoms with Crippen LogP contribution in [0, 0.1) is 0 Å². The fourth-order valence-corrected chi connectivity index (χ4v) is 3.48. The van der Waals surface area contributed by atoms with E-state index in [9.17, 15) is 0 Å². The number of thioether (sulfide) groups is 1. The van der Waals surface area contributed by atoms with Crippen LogP contribution in [0.2, 0.25) is 0 Å². The van der Waals surface area contributed by atoms with Crippen molar-refractivity contribution < 1.29 is 0 Å². The first-order valence-corrected chi connectivity index (χ1v) is 8.03. The highest BCUT2D eigenvalue weighted by Crippen LogP contribution is 2.32. The van der Waals surface area contributed by atoms with Crippen molar-refractivity contribution in [3.05, 3.63) is 23.9 Å². The summed E-state index contributed by atoms with van der Waals surface area (Å²) in [5, 5.41) is 3.49. The van der Waals surface area contributed by atoms with E-state index in [4.69, 9.17) is 0 Å². The lowest BCUT2D eigenvalue weighted by Gasteiger charge is -2.39. The van der Waals surface area contributed by atoms with Crippen molar-refractivity contribution in [2.75, 3.05) is 23.7 Å². The van der Waals surface area contributed by atoms with Gasteiger partial charge in [0.1, 0.15) is 5.82 Å². The molecule has 0 atom stereocenters. The highest BCUT2D eigenvalue weighted by molar-refractivity contribution is 8.00. The van der Waals surface area contributed by atoms with E-state index in [1.54, 1.807) is 0 Å². The second kappa shape index (κ2) is 6.14. The van der Waals surface area contributed by atoms with E-state index in [1.807, 2.05) is 12.3 Å². The molecule has 0 bridgehead atoms. The molecular formula is C15H25N3S. The molecule has 4 heteroatoms. The predicted molar refractivity (Wildman–Crippen MR) is 85.0 cm³/mol. The number of nitrogens with one attached hydrogen (secondary N) is 1. The van der Waals surface area contributed by atoms with Crippen LogP contribution in [0.15, 0.2) is 18.3 Å². The largest absolute Gasteiger partial charge is 0.354 e. The minimum atomic E-state index is 0.318. The Morgan fingerprint density at radius 2 is 2.26 bits per heavy atom. The molecule has 0 unspecified atom stereocenters. The number of anilines is 1. The van der Waals surface area contributed by atoms with E-state index in [-0.39, 0.29) is 0 Å². The number of hydrogen-bond donors (Lipinski definition) is 1. The Balaban J connectivity index is 2.14. The summed E-state index contributed by atoms with van der Waals surface area (Å²) in [4.78, 5) is 7.06. The van der Waals surface area contributed by atoms with Crippen molar-refractivity contribution in [1.82, 2.24) is 10.3 Å². The van der Waals surface area contributed by atoms with Gasteiger partial charge in [-0.2, -0.15) is 11.8 Å². The van der Waals surface area contributed by atoms with Crippen LogP contribution in [-0.4, -0.2) is 34.6 Å². The molecule has 0 aromatic carbocycles. The van der Waals surface area contributed by atoms with Crippen LogP contribution in [0.25, 0.3) is 0 Å². The lowest BCUT2D eigenvalue weighted by molar-refractivity contribution is 0.583. The maximum Gasteiger partial charge on any atom is 0.133 e. The highest BCUT2D eigenvalue weighted by atomic mass is 32.2. The van der Waals surface area contributed by atoms with E-state index in [0.717, 1.165) is 25.5 Å². The Hall–Kier alpha value is -0.740. The van der Waals surface area contributed by atoms with Crippen molar-refractivity contribution in [2.45, 2.75) is 45.0 Å². The van der Waals surface area contributed by atoms with Crippen molar-refractivity contribution in [1.29, 1.82) is 0 Å². The minimum Gasteiger partial charge on any atom is -0.354 e. The summed E-state index contributed by atoms with van der Waals surface area (Å²) < 4.78 is 0.318. The summed E-state index contributed by atoms with van der Waals surface area (Å²) in [6, 6.07) is 4.72. The first-order valence-electron chi connectivity index (χ1n) is 7.04. The smallest absolute Gasteiger partial charge is 0.133 e. The van der Waals surface area contributed by atoms with Gasteiger partial charge in [0, 0.05) is 47.9 Å². The van der Waals surface area contributed by atoms with Crippen molar-refractivity contribution in [2.24, 2.45) is 0 Å². The normalized spacial score (nSPS) is 18.9. The van der Waals surface area contributed by atoms with Gasteiger partial charge >= 0.3 is 0 Å². The average Bonchev–Trinajstić information content (AvgIpc) is 2.35. The van der Waals surface area contributed by atoms with Crippen molar-refractivity contribution in [3.63, 3.8) is 0 Å². The van der Waals surface area contributed by atoms with Crippen LogP contribution in [0.4, 0.5) is 5.82 Å². The van der Waals surface area contributed by atoms with E-state index in [1.165, 1.54) is 11.3 Å². The average molecular weight is 279 g/mol. The van der Waals surface area contributed by atoms with Crippen LogP contribution < -0.4 is 10.2 Å². The van der Waals surface area contributed by atoms with Gasteiger partial charge in [-0.3, -0.25) is 0 Å². The van der Waals surface area contributed by atoms with Gasteiger partial charge in [0.15, 0.2) is 0 Å². The zero-order valence-electron chi connectivity index (χ0n) is 12.4. The van der Waals surface area contributed by atoms with Gasteiger partial charge in [0.25, 0.3) is 0 Å². The van der Waals surface area contributed by atoms with Crippen LogP contribution in [0.1, 0.15) is 33.3 Å². The molecule has 0 radical (unpaired) electrons. The van der Waals surface area contributed by atoms with Gasteiger partial charge in [-0.25, -0.2) is 4.98 Å². The molecule has 1 aromatic heterocycles. The second-order valence-corrected chi connectivity index (χ2v) is 7.85.